The van der Waals surface area contributed by atoms with Crippen LogP contribution in [0.3, 0.4) is 0 Å². The third kappa shape index (κ3) is 1.86. The number of hydrogen-bond donors (Lipinski definition) is 2. The molecule has 16 heavy (non-hydrogen) atoms. The molecule has 0 saturated heterocycles. The second kappa shape index (κ2) is 4.10. The van der Waals surface area contributed by atoms with Gasteiger partial charge >= 0.3 is 0 Å². The first kappa shape index (κ1) is 10.9. The van der Waals surface area contributed by atoms with Gasteiger partial charge in [-0.1, -0.05) is 17.7 Å². The Labute approximate surface area is 95.7 Å². The van der Waals surface area contributed by atoms with Crippen molar-refractivity contribution in [2.75, 3.05) is 0 Å². The molecule has 0 radical (unpaired) electrons. The molecule has 0 aliphatic heterocycles. The first-order valence-electron chi connectivity index (χ1n) is 5.42. The molecule has 1 atom stereocenters. The topological polar surface area (TPSA) is 54.7 Å². The van der Waals surface area contributed by atoms with Crippen molar-refractivity contribution in [2.45, 2.75) is 26.8 Å². The van der Waals surface area contributed by atoms with Crippen LogP contribution in [0.15, 0.2) is 24.5 Å². The molecule has 0 bridgehead atoms. The molecule has 0 fully saturated rings. The minimum absolute atomic E-state index is 0.171. The summed E-state index contributed by atoms with van der Waals surface area (Å²) in [4.78, 5) is 7.28. The molecule has 0 aliphatic rings. The third-order valence-corrected chi connectivity index (χ3v) is 2.86. The van der Waals surface area contributed by atoms with Crippen LogP contribution in [0.25, 0.3) is 0 Å². The molecule has 3 N–H and O–H groups in total. The lowest BCUT2D eigenvalue weighted by Gasteiger charge is -2.16. The van der Waals surface area contributed by atoms with Crippen molar-refractivity contribution >= 4 is 0 Å². The second-order valence-corrected chi connectivity index (χ2v) is 4.26. The van der Waals surface area contributed by atoms with Gasteiger partial charge in [0.2, 0.25) is 0 Å². The molecule has 84 valence electrons. The van der Waals surface area contributed by atoms with Gasteiger partial charge in [-0.05, 0) is 37.5 Å². The average molecular weight is 215 g/mol. The molecule has 0 saturated carbocycles. The van der Waals surface area contributed by atoms with Crippen molar-refractivity contribution in [1.82, 2.24) is 9.97 Å². The molecule has 0 amide bonds. The van der Waals surface area contributed by atoms with E-state index in [4.69, 9.17) is 5.73 Å². The number of H-pyrrole nitrogens is 1. The van der Waals surface area contributed by atoms with E-state index < -0.39 is 0 Å². The quantitative estimate of drug-likeness (QED) is 0.808. The highest BCUT2D eigenvalue weighted by atomic mass is 14.9. The highest BCUT2D eigenvalue weighted by Crippen LogP contribution is 2.24. The molecule has 2 aromatic rings. The van der Waals surface area contributed by atoms with Gasteiger partial charge in [-0.15, -0.1) is 0 Å². The molecular formula is C13H17N3. The molecule has 3 heteroatoms. The maximum atomic E-state index is 6.22. The van der Waals surface area contributed by atoms with Crippen LogP contribution in [-0.4, -0.2) is 9.97 Å². The van der Waals surface area contributed by atoms with Gasteiger partial charge in [-0.25, -0.2) is 4.98 Å². The SMILES string of the molecule is Cc1cc(C)c(C(N)c2ncc[nH]2)c(C)c1. The number of aryl methyl sites for hydroxylation is 3. The largest absolute Gasteiger partial charge is 0.347 e. The maximum absolute atomic E-state index is 6.22. The van der Waals surface area contributed by atoms with Crippen molar-refractivity contribution in [3.8, 4) is 0 Å². The fourth-order valence-electron chi connectivity index (χ4n) is 2.27. The van der Waals surface area contributed by atoms with E-state index in [1.807, 2.05) is 0 Å². The third-order valence-electron chi connectivity index (χ3n) is 2.86. The standard InChI is InChI=1S/C13H17N3/c1-8-6-9(2)11(10(3)7-8)12(14)13-15-4-5-16-13/h4-7,12H,14H2,1-3H3,(H,15,16). The van der Waals surface area contributed by atoms with Gasteiger partial charge in [0.15, 0.2) is 0 Å². The van der Waals surface area contributed by atoms with Crippen molar-refractivity contribution in [1.29, 1.82) is 0 Å². The summed E-state index contributed by atoms with van der Waals surface area (Å²) in [5.74, 6) is 0.815. The summed E-state index contributed by atoms with van der Waals surface area (Å²) in [7, 11) is 0. The van der Waals surface area contributed by atoms with Crippen LogP contribution in [0.2, 0.25) is 0 Å². The van der Waals surface area contributed by atoms with Crippen LogP contribution in [-0.2, 0) is 0 Å². The van der Waals surface area contributed by atoms with Crippen LogP contribution in [0.1, 0.15) is 34.1 Å². The average Bonchev–Trinajstić information content (AvgIpc) is 2.67. The van der Waals surface area contributed by atoms with E-state index in [0.717, 1.165) is 5.82 Å². The molecule has 2 rings (SSSR count). The molecule has 1 aromatic carbocycles. The Balaban J connectivity index is 2.48. The fourth-order valence-corrected chi connectivity index (χ4v) is 2.27. The second-order valence-electron chi connectivity index (χ2n) is 4.26. The van der Waals surface area contributed by atoms with Crippen molar-refractivity contribution in [3.05, 3.63) is 52.6 Å². The monoisotopic (exact) mass is 215 g/mol. The van der Waals surface area contributed by atoms with E-state index in [1.165, 1.54) is 22.3 Å². The molecule has 3 nitrogen and oxygen atoms in total. The zero-order valence-electron chi connectivity index (χ0n) is 9.91. The Bertz CT molecular complexity index is 463. The van der Waals surface area contributed by atoms with E-state index in [-0.39, 0.29) is 6.04 Å². The predicted molar refractivity (Wildman–Crippen MR) is 65.3 cm³/mol. The summed E-state index contributed by atoms with van der Waals surface area (Å²) in [6, 6.07) is 4.14. The Morgan fingerprint density at radius 1 is 1.19 bits per heavy atom. The molecule has 1 heterocycles. The van der Waals surface area contributed by atoms with Crippen LogP contribution in [0, 0.1) is 20.8 Å². The minimum atomic E-state index is -0.171. The van der Waals surface area contributed by atoms with Gasteiger partial charge in [0.05, 0.1) is 6.04 Å². The molecular weight excluding hydrogens is 198 g/mol. The highest BCUT2D eigenvalue weighted by Gasteiger charge is 2.16. The summed E-state index contributed by atoms with van der Waals surface area (Å²) in [6.45, 7) is 6.29. The van der Waals surface area contributed by atoms with E-state index in [9.17, 15) is 0 Å². The Hall–Kier alpha value is -1.61. The Kier molecular flexibility index (Phi) is 2.79. The maximum Gasteiger partial charge on any atom is 0.127 e. The molecule has 1 aromatic heterocycles. The van der Waals surface area contributed by atoms with Crippen LogP contribution >= 0.6 is 0 Å². The normalized spacial score (nSPS) is 12.8. The van der Waals surface area contributed by atoms with Crippen molar-refractivity contribution in [3.63, 3.8) is 0 Å². The lowest BCUT2D eigenvalue weighted by atomic mass is 9.94. The highest BCUT2D eigenvalue weighted by molar-refractivity contribution is 5.41. The van der Waals surface area contributed by atoms with E-state index in [1.54, 1.807) is 12.4 Å². The molecule has 0 spiro atoms. The summed E-state index contributed by atoms with van der Waals surface area (Å²) >= 11 is 0. The number of imidazole rings is 1. The first-order chi connectivity index (χ1) is 7.59. The van der Waals surface area contributed by atoms with Gasteiger partial charge in [-0.2, -0.15) is 0 Å². The number of nitrogens with zero attached hydrogens (tertiary/aromatic N) is 1. The Morgan fingerprint density at radius 2 is 1.81 bits per heavy atom. The van der Waals surface area contributed by atoms with Crippen molar-refractivity contribution in [2.24, 2.45) is 5.73 Å². The lowest BCUT2D eigenvalue weighted by Crippen LogP contribution is -2.16. The van der Waals surface area contributed by atoms with E-state index in [0.29, 0.717) is 0 Å². The summed E-state index contributed by atoms with van der Waals surface area (Å²) in [5.41, 5.74) is 11.1. The lowest BCUT2D eigenvalue weighted by molar-refractivity contribution is 0.786. The number of hydrogen-bond acceptors (Lipinski definition) is 2. The number of aromatic amines is 1. The molecule has 1 unspecified atom stereocenters. The summed E-state index contributed by atoms with van der Waals surface area (Å²) in [6.07, 6.45) is 3.53. The summed E-state index contributed by atoms with van der Waals surface area (Å²) < 4.78 is 0. The first-order valence-corrected chi connectivity index (χ1v) is 5.42. The van der Waals surface area contributed by atoms with Gasteiger partial charge in [0, 0.05) is 12.4 Å². The number of nitrogens with two attached hydrogens (primary N) is 1. The Morgan fingerprint density at radius 3 is 2.31 bits per heavy atom. The summed E-state index contributed by atoms with van der Waals surface area (Å²) in [5, 5.41) is 0. The van der Waals surface area contributed by atoms with Crippen LogP contribution < -0.4 is 5.73 Å². The number of aromatic nitrogens is 2. The van der Waals surface area contributed by atoms with Crippen LogP contribution in [0.5, 0.6) is 0 Å². The van der Waals surface area contributed by atoms with E-state index >= 15 is 0 Å². The molecule has 0 aliphatic carbocycles. The van der Waals surface area contributed by atoms with E-state index in [2.05, 4.69) is 42.9 Å². The smallest absolute Gasteiger partial charge is 0.127 e. The zero-order valence-corrected chi connectivity index (χ0v) is 9.91. The zero-order chi connectivity index (χ0) is 11.7. The van der Waals surface area contributed by atoms with Gasteiger partial charge < -0.3 is 10.7 Å². The van der Waals surface area contributed by atoms with Gasteiger partial charge in [0.1, 0.15) is 5.82 Å². The minimum Gasteiger partial charge on any atom is -0.347 e. The number of rotatable bonds is 2. The van der Waals surface area contributed by atoms with Crippen LogP contribution in [0.4, 0.5) is 0 Å². The van der Waals surface area contributed by atoms with Gasteiger partial charge in [0.25, 0.3) is 0 Å². The predicted octanol–water partition coefficient (Wildman–Crippen LogP) is 2.38. The fraction of sp³-hybridized carbons (Fsp3) is 0.308. The van der Waals surface area contributed by atoms with Crippen molar-refractivity contribution < 1.29 is 0 Å². The number of nitrogens with one attached hydrogen (secondary N) is 1. The van der Waals surface area contributed by atoms with Gasteiger partial charge in [-0.3, -0.25) is 0 Å². The number of benzene rings is 1.